The maximum Gasteiger partial charge on any atom is 0.220 e. The van der Waals surface area contributed by atoms with Crippen molar-refractivity contribution in [2.24, 2.45) is 5.92 Å². The van der Waals surface area contributed by atoms with Gasteiger partial charge >= 0.3 is 0 Å². The topological polar surface area (TPSA) is 49.3 Å². The average molecular weight is 227 g/mol. The van der Waals surface area contributed by atoms with E-state index in [-0.39, 0.29) is 12.5 Å². The van der Waals surface area contributed by atoms with Gasteiger partial charge in [0.25, 0.3) is 0 Å². The molecule has 0 heterocycles. The van der Waals surface area contributed by atoms with Crippen molar-refractivity contribution in [2.45, 2.75) is 64.3 Å². The van der Waals surface area contributed by atoms with Gasteiger partial charge in [-0.3, -0.25) is 4.79 Å². The molecule has 1 atom stereocenters. The molecule has 0 spiro atoms. The van der Waals surface area contributed by atoms with Gasteiger partial charge in [-0.15, -0.1) is 0 Å². The molecule has 0 bridgehead atoms. The summed E-state index contributed by atoms with van der Waals surface area (Å²) in [6.07, 6.45) is 8.58. The summed E-state index contributed by atoms with van der Waals surface area (Å²) < 4.78 is 0. The van der Waals surface area contributed by atoms with Gasteiger partial charge in [-0.05, 0) is 38.5 Å². The van der Waals surface area contributed by atoms with E-state index in [0.717, 1.165) is 12.8 Å². The summed E-state index contributed by atoms with van der Waals surface area (Å²) in [6.45, 7) is 2.31. The van der Waals surface area contributed by atoms with Crippen LogP contribution in [0.4, 0.5) is 0 Å². The van der Waals surface area contributed by atoms with E-state index in [4.69, 9.17) is 5.11 Å². The van der Waals surface area contributed by atoms with Gasteiger partial charge in [-0.2, -0.15) is 0 Å². The van der Waals surface area contributed by atoms with Crippen LogP contribution >= 0.6 is 0 Å². The lowest BCUT2D eigenvalue weighted by atomic mass is 9.84. The molecular formula is C13H25NO2. The lowest BCUT2D eigenvalue weighted by Crippen LogP contribution is -2.38. The van der Waals surface area contributed by atoms with E-state index in [1.54, 1.807) is 0 Å². The Hall–Kier alpha value is -0.570. The number of amides is 1. The third kappa shape index (κ3) is 4.97. The van der Waals surface area contributed by atoms with Gasteiger partial charge < -0.3 is 10.4 Å². The highest BCUT2D eigenvalue weighted by molar-refractivity contribution is 5.76. The third-order valence-electron chi connectivity index (χ3n) is 3.56. The van der Waals surface area contributed by atoms with E-state index < -0.39 is 0 Å². The van der Waals surface area contributed by atoms with Crippen LogP contribution < -0.4 is 5.32 Å². The van der Waals surface area contributed by atoms with E-state index in [1.807, 2.05) is 0 Å². The molecule has 2 N–H and O–H groups in total. The fourth-order valence-corrected chi connectivity index (χ4v) is 2.48. The van der Waals surface area contributed by atoms with Crippen molar-refractivity contribution in [3.8, 4) is 0 Å². The van der Waals surface area contributed by atoms with E-state index in [1.165, 1.54) is 32.1 Å². The van der Waals surface area contributed by atoms with Gasteiger partial charge in [-0.25, -0.2) is 0 Å². The Morgan fingerprint density at radius 2 is 2.00 bits per heavy atom. The zero-order valence-electron chi connectivity index (χ0n) is 10.4. The number of aliphatic hydroxyl groups is 1. The van der Waals surface area contributed by atoms with Crippen LogP contribution in [0.15, 0.2) is 0 Å². The van der Waals surface area contributed by atoms with E-state index in [0.29, 0.717) is 18.4 Å². The molecule has 1 rings (SSSR count). The molecule has 1 aliphatic rings. The minimum atomic E-state index is 0.145. The van der Waals surface area contributed by atoms with Crippen molar-refractivity contribution in [3.05, 3.63) is 0 Å². The molecular weight excluding hydrogens is 202 g/mol. The van der Waals surface area contributed by atoms with Crippen molar-refractivity contribution in [1.29, 1.82) is 0 Å². The molecule has 3 heteroatoms. The maximum atomic E-state index is 11.6. The summed E-state index contributed by atoms with van der Waals surface area (Å²) in [5, 5.41) is 11.7. The van der Waals surface area contributed by atoms with Gasteiger partial charge in [-0.1, -0.05) is 19.3 Å². The van der Waals surface area contributed by atoms with Crippen molar-refractivity contribution >= 4 is 5.91 Å². The molecule has 94 valence electrons. The first-order chi connectivity index (χ1) is 7.74. The van der Waals surface area contributed by atoms with Crippen LogP contribution in [0.25, 0.3) is 0 Å². The molecule has 0 unspecified atom stereocenters. The van der Waals surface area contributed by atoms with E-state index in [2.05, 4.69) is 12.2 Å². The average Bonchev–Trinajstić information content (AvgIpc) is 2.30. The molecule has 0 saturated heterocycles. The second-order valence-electron chi connectivity index (χ2n) is 4.93. The van der Waals surface area contributed by atoms with Crippen LogP contribution in [-0.2, 0) is 4.79 Å². The van der Waals surface area contributed by atoms with Crippen molar-refractivity contribution in [1.82, 2.24) is 5.32 Å². The van der Waals surface area contributed by atoms with Crippen LogP contribution in [0.1, 0.15) is 58.3 Å². The number of carbonyl (C=O) groups is 1. The zero-order chi connectivity index (χ0) is 11.8. The summed E-state index contributed by atoms with van der Waals surface area (Å²) in [7, 11) is 0. The van der Waals surface area contributed by atoms with E-state index >= 15 is 0 Å². The number of unbranched alkanes of at least 4 members (excludes halogenated alkanes) is 1. The largest absolute Gasteiger partial charge is 0.396 e. The Kier molecular flexibility index (Phi) is 6.46. The standard InChI is InChI=1S/C13H25NO2/c1-11(12-7-3-2-4-8-12)14-13(16)9-5-6-10-15/h11-12,15H,2-10H2,1H3,(H,14,16)/t11-/m0/s1. The summed E-state index contributed by atoms with van der Waals surface area (Å²) in [4.78, 5) is 11.6. The van der Waals surface area contributed by atoms with Crippen LogP contribution in [0.5, 0.6) is 0 Å². The normalized spacial score (nSPS) is 19.4. The number of hydrogen-bond donors (Lipinski definition) is 2. The SMILES string of the molecule is C[C@H](NC(=O)CCCCO)C1CCCCC1. The van der Waals surface area contributed by atoms with E-state index in [9.17, 15) is 4.79 Å². The second kappa shape index (κ2) is 7.66. The number of rotatable bonds is 6. The molecule has 0 aromatic heterocycles. The van der Waals surface area contributed by atoms with Crippen LogP contribution in [0, 0.1) is 5.92 Å². The van der Waals surface area contributed by atoms with Gasteiger partial charge in [0.1, 0.15) is 0 Å². The minimum absolute atomic E-state index is 0.145. The number of hydrogen-bond acceptors (Lipinski definition) is 2. The fraction of sp³-hybridized carbons (Fsp3) is 0.923. The molecule has 16 heavy (non-hydrogen) atoms. The molecule has 0 aromatic carbocycles. The lowest BCUT2D eigenvalue weighted by molar-refractivity contribution is -0.122. The number of carbonyl (C=O) groups excluding carboxylic acids is 1. The maximum absolute atomic E-state index is 11.6. The summed E-state index contributed by atoms with van der Waals surface area (Å²) in [5.74, 6) is 0.821. The monoisotopic (exact) mass is 227 g/mol. The van der Waals surface area contributed by atoms with Crippen LogP contribution in [0.3, 0.4) is 0 Å². The quantitative estimate of drug-likeness (QED) is 0.684. The third-order valence-corrected chi connectivity index (χ3v) is 3.56. The van der Waals surface area contributed by atoms with Gasteiger partial charge in [0, 0.05) is 19.1 Å². The fourth-order valence-electron chi connectivity index (χ4n) is 2.48. The van der Waals surface area contributed by atoms with Gasteiger partial charge in [0.2, 0.25) is 5.91 Å². The first-order valence-corrected chi connectivity index (χ1v) is 6.64. The first kappa shape index (κ1) is 13.5. The number of aliphatic hydroxyl groups excluding tert-OH is 1. The first-order valence-electron chi connectivity index (χ1n) is 6.64. The number of nitrogens with one attached hydrogen (secondary N) is 1. The molecule has 1 amide bonds. The summed E-state index contributed by atoms with van der Waals surface area (Å²) in [6, 6.07) is 0.321. The smallest absolute Gasteiger partial charge is 0.220 e. The molecule has 0 aliphatic heterocycles. The highest BCUT2D eigenvalue weighted by atomic mass is 16.2. The van der Waals surface area contributed by atoms with Crippen LogP contribution in [0.2, 0.25) is 0 Å². The summed E-state index contributed by atoms with van der Waals surface area (Å²) in [5.41, 5.74) is 0. The molecule has 1 fully saturated rings. The lowest BCUT2D eigenvalue weighted by Gasteiger charge is -2.28. The van der Waals surface area contributed by atoms with Crippen molar-refractivity contribution < 1.29 is 9.90 Å². The second-order valence-corrected chi connectivity index (χ2v) is 4.93. The van der Waals surface area contributed by atoms with Gasteiger partial charge in [0.05, 0.1) is 0 Å². The Morgan fingerprint density at radius 1 is 1.31 bits per heavy atom. The predicted octanol–water partition coefficient (Wildman–Crippen LogP) is 2.23. The van der Waals surface area contributed by atoms with Gasteiger partial charge in [0.15, 0.2) is 0 Å². The highest BCUT2D eigenvalue weighted by Gasteiger charge is 2.20. The Balaban J connectivity index is 2.16. The Bertz CT molecular complexity index is 200. The minimum Gasteiger partial charge on any atom is -0.396 e. The van der Waals surface area contributed by atoms with Crippen molar-refractivity contribution in [2.75, 3.05) is 6.61 Å². The predicted molar refractivity (Wildman–Crippen MR) is 65.1 cm³/mol. The van der Waals surface area contributed by atoms with Crippen molar-refractivity contribution in [3.63, 3.8) is 0 Å². The Labute approximate surface area is 98.6 Å². The molecule has 1 aliphatic carbocycles. The Morgan fingerprint density at radius 3 is 2.62 bits per heavy atom. The molecule has 3 nitrogen and oxygen atoms in total. The molecule has 1 saturated carbocycles. The van der Waals surface area contributed by atoms with Crippen LogP contribution in [-0.4, -0.2) is 23.7 Å². The molecule has 0 radical (unpaired) electrons. The summed E-state index contributed by atoms with van der Waals surface area (Å²) >= 11 is 0. The molecule has 0 aromatic rings. The highest BCUT2D eigenvalue weighted by Crippen LogP contribution is 2.26. The zero-order valence-corrected chi connectivity index (χ0v) is 10.4.